The highest BCUT2D eigenvalue weighted by atomic mass is 16.3. The van der Waals surface area contributed by atoms with Gasteiger partial charge in [0.05, 0.1) is 0 Å². The highest BCUT2D eigenvalue weighted by Crippen LogP contribution is 2.40. The van der Waals surface area contributed by atoms with Gasteiger partial charge in [-0.15, -0.1) is 0 Å². The van der Waals surface area contributed by atoms with Crippen LogP contribution in [-0.2, 0) is 0 Å². The van der Waals surface area contributed by atoms with E-state index in [2.05, 4.69) is 146 Å². The average Bonchev–Trinajstić information content (AvgIpc) is 3.67. The van der Waals surface area contributed by atoms with Gasteiger partial charge in [-0.05, 0) is 67.4 Å². The summed E-state index contributed by atoms with van der Waals surface area (Å²) in [5.41, 5.74) is 11.2. The minimum atomic E-state index is 0.903. The number of furan rings is 2. The molecule has 0 aliphatic heterocycles. The fraction of sp³-hybridized carbons (Fsp3) is 0.0476. The van der Waals surface area contributed by atoms with Crippen molar-refractivity contribution in [3.05, 3.63) is 157 Å². The first kappa shape index (κ1) is 26.8. The van der Waals surface area contributed by atoms with Crippen LogP contribution in [0.15, 0.2) is 166 Å². The van der Waals surface area contributed by atoms with Gasteiger partial charge in [0.25, 0.3) is 0 Å². The van der Waals surface area contributed by atoms with E-state index in [-0.39, 0.29) is 0 Å². The maximum Gasteiger partial charge on any atom is 0.143 e. The van der Waals surface area contributed by atoms with E-state index in [0.29, 0.717) is 0 Å². The summed E-state index contributed by atoms with van der Waals surface area (Å²) in [5.74, 6) is 0. The van der Waals surface area contributed by atoms with Crippen molar-refractivity contribution in [3.8, 4) is 22.3 Å². The molecule has 0 fully saturated rings. The highest BCUT2D eigenvalue weighted by molar-refractivity contribution is 6.10. The Balaban J connectivity index is 1.23. The Morgan fingerprint density at radius 1 is 0.511 bits per heavy atom. The largest absolute Gasteiger partial charge is 0.455 e. The Hall–Kier alpha value is -5.80. The van der Waals surface area contributed by atoms with Gasteiger partial charge >= 0.3 is 0 Å². The van der Waals surface area contributed by atoms with Gasteiger partial charge in [0.2, 0.25) is 0 Å². The molecule has 0 atom stereocenters. The molecule has 2 heterocycles. The van der Waals surface area contributed by atoms with E-state index in [4.69, 9.17) is 8.83 Å². The number of para-hydroxylation sites is 4. The predicted molar refractivity (Wildman–Crippen MR) is 189 cm³/mol. The van der Waals surface area contributed by atoms with Gasteiger partial charge in [-0.25, -0.2) is 0 Å². The summed E-state index contributed by atoms with van der Waals surface area (Å²) in [5, 5.41) is 4.53. The molecule has 0 aliphatic rings. The fourth-order valence-corrected chi connectivity index (χ4v) is 6.47. The smallest absolute Gasteiger partial charge is 0.143 e. The Labute approximate surface area is 261 Å². The minimum absolute atomic E-state index is 0.903. The second-order valence-corrected chi connectivity index (χ2v) is 11.2. The van der Waals surface area contributed by atoms with E-state index < -0.39 is 0 Å². The maximum absolute atomic E-state index is 6.39. The molecule has 0 radical (unpaired) electrons. The summed E-state index contributed by atoms with van der Waals surface area (Å²) in [4.78, 5) is 2.30. The monoisotopic (exact) mass is 581 g/mol. The summed E-state index contributed by atoms with van der Waals surface area (Å²) in [6.07, 6.45) is 6.38. The summed E-state index contributed by atoms with van der Waals surface area (Å²) in [6.45, 7) is 4.13. The van der Waals surface area contributed by atoms with Crippen molar-refractivity contribution in [1.29, 1.82) is 0 Å². The average molecular weight is 582 g/mol. The highest BCUT2D eigenvalue weighted by Gasteiger charge is 2.17. The van der Waals surface area contributed by atoms with Gasteiger partial charge < -0.3 is 13.7 Å². The van der Waals surface area contributed by atoms with Crippen molar-refractivity contribution >= 4 is 55.3 Å². The van der Waals surface area contributed by atoms with E-state index in [0.717, 1.165) is 83.2 Å². The van der Waals surface area contributed by atoms with Gasteiger partial charge in [0.1, 0.15) is 22.3 Å². The zero-order valence-electron chi connectivity index (χ0n) is 25.2. The summed E-state index contributed by atoms with van der Waals surface area (Å²) < 4.78 is 12.7. The molecule has 6 aromatic carbocycles. The number of rotatable bonds is 6. The number of fused-ring (bicyclic) bond motifs is 6. The summed E-state index contributed by atoms with van der Waals surface area (Å²) in [6, 6.07) is 46.7. The first-order valence-corrected chi connectivity index (χ1v) is 15.3. The zero-order valence-corrected chi connectivity index (χ0v) is 25.2. The van der Waals surface area contributed by atoms with Crippen LogP contribution >= 0.6 is 0 Å². The predicted octanol–water partition coefficient (Wildman–Crippen LogP) is 12.4. The Morgan fingerprint density at radius 3 is 1.67 bits per heavy atom. The molecule has 8 rings (SSSR count). The molecule has 2 aromatic heterocycles. The lowest BCUT2D eigenvalue weighted by atomic mass is 10.0. The van der Waals surface area contributed by atoms with E-state index in [9.17, 15) is 0 Å². The normalized spacial score (nSPS) is 12.3. The molecule has 3 heteroatoms. The Morgan fingerprint density at radius 2 is 1.07 bits per heavy atom. The molecule has 8 aromatic rings. The van der Waals surface area contributed by atoms with Crippen LogP contribution in [0.1, 0.15) is 13.8 Å². The molecule has 3 nitrogen and oxygen atoms in total. The van der Waals surface area contributed by atoms with Crippen LogP contribution in [0.5, 0.6) is 0 Å². The van der Waals surface area contributed by atoms with Gasteiger partial charge in [0.15, 0.2) is 0 Å². The molecule has 0 N–H and O–H groups in total. The van der Waals surface area contributed by atoms with E-state index >= 15 is 0 Å². The number of nitrogens with zero attached hydrogens (tertiary/aromatic N) is 1. The first-order valence-electron chi connectivity index (χ1n) is 15.3. The number of benzene rings is 6. The van der Waals surface area contributed by atoms with Crippen LogP contribution in [0.3, 0.4) is 0 Å². The molecular formula is C42H31NO2. The number of anilines is 2. The standard InChI is InChI=1S/C42H31NO2/c1-3-12-30(4-2)43(31-25-23-28(24-26-31)33-17-10-19-37-35-15-5-7-21-39(35)44-41(33)37)32-14-9-13-29(27-32)34-18-11-20-38-36-16-6-8-22-40(36)45-42(34)38/h3-27H,1-2H3/b12-3-,30-4+. The summed E-state index contributed by atoms with van der Waals surface area (Å²) >= 11 is 0. The van der Waals surface area contributed by atoms with Crippen molar-refractivity contribution in [2.45, 2.75) is 13.8 Å². The van der Waals surface area contributed by atoms with Crippen LogP contribution in [0, 0.1) is 0 Å². The molecule has 0 unspecified atom stereocenters. The molecule has 0 spiro atoms. The van der Waals surface area contributed by atoms with Crippen molar-refractivity contribution in [2.75, 3.05) is 4.90 Å². The Bertz CT molecular complexity index is 2400. The lowest BCUT2D eigenvalue weighted by Crippen LogP contribution is -2.15. The first-order chi connectivity index (χ1) is 22.2. The number of hydrogen-bond acceptors (Lipinski definition) is 3. The third kappa shape index (κ3) is 4.52. The van der Waals surface area contributed by atoms with Crippen LogP contribution in [-0.4, -0.2) is 0 Å². The van der Waals surface area contributed by atoms with Crippen LogP contribution in [0.25, 0.3) is 66.1 Å². The lowest BCUT2D eigenvalue weighted by molar-refractivity contribution is 0.669. The van der Waals surface area contributed by atoms with Gasteiger partial charge in [-0.3, -0.25) is 0 Å². The SMILES string of the molecule is C/C=C\C(=C/C)N(c1ccc(-c2cccc3c2oc2ccccc23)cc1)c1cccc(-c2cccc3c2oc2ccccc23)c1. The van der Waals surface area contributed by atoms with Crippen molar-refractivity contribution in [1.82, 2.24) is 0 Å². The summed E-state index contributed by atoms with van der Waals surface area (Å²) in [7, 11) is 0. The van der Waals surface area contributed by atoms with Crippen molar-refractivity contribution in [2.24, 2.45) is 0 Å². The molecule has 0 saturated heterocycles. The second-order valence-electron chi connectivity index (χ2n) is 11.2. The molecule has 0 bridgehead atoms. The van der Waals surface area contributed by atoms with E-state index in [1.807, 2.05) is 24.3 Å². The zero-order chi connectivity index (χ0) is 30.3. The van der Waals surface area contributed by atoms with Crippen LogP contribution in [0.4, 0.5) is 11.4 Å². The van der Waals surface area contributed by atoms with Gasteiger partial charge in [-0.2, -0.15) is 0 Å². The third-order valence-electron chi connectivity index (χ3n) is 8.55. The fourth-order valence-electron chi connectivity index (χ4n) is 6.47. The van der Waals surface area contributed by atoms with Crippen LogP contribution in [0.2, 0.25) is 0 Å². The quantitative estimate of drug-likeness (QED) is 0.183. The van der Waals surface area contributed by atoms with Crippen LogP contribution < -0.4 is 4.90 Å². The van der Waals surface area contributed by atoms with E-state index in [1.165, 1.54) is 0 Å². The van der Waals surface area contributed by atoms with Gasteiger partial charge in [-0.1, -0.05) is 109 Å². The molecular weight excluding hydrogens is 550 g/mol. The van der Waals surface area contributed by atoms with Crippen molar-refractivity contribution < 1.29 is 8.83 Å². The topological polar surface area (TPSA) is 29.5 Å². The maximum atomic E-state index is 6.39. The molecule has 45 heavy (non-hydrogen) atoms. The number of allylic oxidation sites excluding steroid dienone is 3. The lowest BCUT2D eigenvalue weighted by Gasteiger charge is -2.27. The molecule has 0 amide bonds. The van der Waals surface area contributed by atoms with Gasteiger partial charge in [0, 0.05) is 49.7 Å². The van der Waals surface area contributed by atoms with E-state index in [1.54, 1.807) is 0 Å². The number of hydrogen-bond donors (Lipinski definition) is 0. The third-order valence-corrected chi connectivity index (χ3v) is 8.55. The Kier molecular flexibility index (Phi) is 6.57. The minimum Gasteiger partial charge on any atom is -0.455 e. The van der Waals surface area contributed by atoms with Crippen molar-refractivity contribution in [3.63, 3.8) is 0 Å². The molecule has 0 saturated carbocycles. The second kappa shape index (κ2) is 11.0. The molecule has 216 valence electrons. The molecule has 0 aliphatic carbocycles.